The zero-order valence-corrected chi connectivity index (χ0v) is 12.8. The minimum absolute atomic E-state index is 0.0110. The first-order valence-corrected chi connectivity index (χ1v) is 7.48. The summed E-state index contributed by atoms with van der Waals surface area (Å²) in [6.07, 6.45) is 5.04. The van der Waals surface area contributed by atoms with Crippen molar-refractivity contribution in [2.45, 2.75) is 33.1 Å². The number of likely N-dealkylation sites (tertiary alicyclic amines) is 1. The van der Waals surface area contributed by atoms with E-state index in [-0.39, 0.29) is 18.4 Å². The van der Waals surface area contributed by atoms with E-state index in [1.165, 1.54) is 12.5 Å². The Morgan fingerprint density at radius 3 is 2.90 bits per heavy atom. The molecule has 1 aromatic heterocycles. The molecule has 1 saturated heterocycles. The lowest BCUT2D eigenvalue weighted by Crippen LogP contribution is -2.45. The summed E-state index contributed by atoms with van der Waals surface area (Å²) in [5.41, 5.74) is 2.25. The van der Waals surface area contributed by atoms with Crippen LogP contribution in [0.25, 0.3) is 0 Å². The van der Waals surface area contributed by atoms with Crippen molar-refractivity contribution < 1.29 is 9.59 Å². The first kappa shape index (κ1) is 15.5. The fourth-order valence-corrected chi connectivity index (χ4v) is 2.72. The van der Waals surface area contributed by atoms with Crippen LogP contribution in [0.2, 0.25) is 0 Å². The van der Waals surface area contributed by atoms with Gasteiger partial charge in [-0.15, -0.1) is 0 Å². The molecule has 1 aromatic rings. The number of nitrogens with zero attached hydrogens (tertiary/aromatic N) is 2. The highest BCUT2D eigenvalue weighted by atomic mass is 16.2. The fourth-order valence-electron chi connectivity index (χ4n) is 2.72. The van der Waals surface area contributed by atoms with E-state index in [0.717, 1.165) is 38.0 Å². The Kier molecular flexibility index (Phi) is 5.31. The summed E-state index contributed by atoms with van der Waals surface area (Å²) in [7, 11) is 0. The van der Waals surface area contributed by atoms with Crippen molar-refractivity contribution in [1.82, 2.24) is 15.2 Å². The van der Waals surface area contributed by atoms with Gasteiger partial charge < -0.3 is 10.2 Å². The van der Waals surface area contributed by atoms with Crippen LogP contribution < -0.4 is 5.32 Å². The first-order valence-electron chi connectivity index (χ1n) is 7.48. The van der Waals surface area contributed by atoms with E-state index >= 15 is 0 Å². The lowest BCUT2D eigenvalue weighted by Gasteiger charge is -2.33. The van der Waals surface area contributed by atoms with Crippen LogP contribution in [0.4, 0.5) is 0 Å². The molecule has 0 aromatic carbocycles. The van der Waals surface area contributed by atoms with Crippen LogP contribution in [0.1, 0.15) is 31.0 Å². The molecule has 0 bridgehead atoms. The fraction of sp³-hybridized carbons (Fsp3) is 0.562. The van der Waals surface area contributed by atoms with E-state index in [1.807, 2.05) is 24.1 Å². The number of amides is 2. The van der Waals surface area contributed by atoms with Gasteiger partial charge in [-0.25, -0.2) is 0 Å². The van der Waals surface area contributed by atoms with Gasteiger partial charge in [0.15, 0.2) is 0 Å². The number of rotatable bonds is 4. The average Bonchev–Trinajstić information content (AvgIpc) is 2.47. The normalized spacial score (nSPS) is 18.4. The van der Waals surface area contributed by atoms with Gasteiger partial charge in [-0.05, 0) is 43.7 Å². The standard InChI is InChI=1S/C16H23N3O2/c1-12-5-6-14(9-17-12)8-15-4-3-7-19(11-15)16(21)10-18-13(2)20/h5-6,9,15H,3-4,7-8,10-11H2,1-2H3,(H,18,20)/t15-/m0/s1. The monoisotopic (exact) mass is 289 g/mol. The van der Waals surface area contributed by atoms with Gasteiger partial charge in [-0.2, -0.15) is 0 Å². The van der Waals surface area contributed by atoms with Gasteiger partial charge in [-0.1, -0.05) is 6.07 Å². The highest BCUT2D eigenvalue weighted by Gasteiger charge is 2.23. The van der Waals surface area contributed by atoms with E-state index < -0.39 is 0 Å². The summed E-state index contributed by atoms with van der Waals surface area (Å²) < 4.78 is 0. The van der Waals surface area contributed by atoms with Crippen LogP contribution in [0.15, 0.2) is 18.3 Å². The van der Waals surface area contributed by atoms with Crippen LogP contribution >= 0.6 is 0 Å². The Balaban J connectivity index is 1.86. The van der Waals surface area contributed by atoms with Crippen molar-refractivity contribution in [3.63, 3.8) is 0 Å². The topological polar surface area (TPSA) is 62.3 Å². The quantitative estimate of drug-likeness (QED) is 0.909. The zero-order chi connectivity index (χ0) is 15.2. The maximum Gasteiger partial charge on any atom is 0.241 e. The third kappa shape index (κ3) is 4.85. The first-order chi connectivity index (χ1) is 10.0. The minimum atomic E-state index is -0.164. The molecule has 0 radical (unpaired) electrons. The van der Waals surface area contributed by atoms with Gasteiger partial charge in [0.05, 0.1) is 6.54 Å². The summed E-state index contributed by atoms with van der Waals surface area (Å²) in [6.45, 7) is 5.07. The van der Waals surface area contributed by atoms with E-state index in [4.69, 9.17) is 0 Å². The van der Waals surface area contributed by atoms with E-state index in [0.29, 0.717) is 5.92 Å². The van der Waals surface area contributed by atoms with Crippen LogP contribution in [0.5, 0.6) is 0 Å². The number of pyridine rings is 1. The number of piperidine rings is 1. The van der Waals surface area contributed by atoms with Crippen LogP contribution in [0, 0.1) is 12.8 Å². The van der Waals surface area contributed by atoms with Gasteiger partial charge in [0.25, 0.3) is 0 Å². The molecule has 5 nitrogen and oxygen atoms in total. The predicted octanol–water partition coefficient (Wildman–Crippen LogP) is 1.31. The summed E-state index contributed by atoms with van der Waals surface area (Å²) >= 11 is 0. The van der Waals surface area contributed by atoms with Crippen molar-refractivity contribution in [2.75, 3.05) is 19.6 Å². The van der Waals surface area contributed by atoms with Gasteiger partial charge in [-0.3, -0.25) is 14.6 Å². The maximum atomic E-state index is 12.0. The lowest BCUT2D eigenvalue weighted by molar-refractivity contribution is -0.134. The minimum Gasteiger partial charge on any atom is -0.347 e. The Morgan fingerprint density at radius 2 is 2.24 bits per heavy atom. The molecular weight excluding hydrogens is 266 g/mol. The molecule has 1 N–H and O–H groups in total. The van der Waals surface area contributed by atoms with E-state index in [1.54, 1.807) is 0 Å². The second-order valence-corrected chi connectivity index (χ2v) is 5.77. The number of aromatic nitrogens is 1. The molecule has 21 heavy (non-hydrogen) atoms. The average molecular weight is 289 g/mol. The molecule has 2 rings (SSSR count). The van der Waals surface area contributed by atoms with Gasteiger partial charge in [0, 0.05) is 31.9 Å². The van der Waals surface area contributed by atoms with Crippen molar-refractivity contribution in [3.8, 4) is 0 Å². The number of hydrogen-bond donors (Lipinski definition) is 1. The van der Waals surface area contributed by atoms with Crippen LogP contribution in [-0.4, -0.2) is 41.3 Å². The molecule has 1 fully saturated rings. The number of carbonyl (C=O) groups excluding carboxylic acids is 2. The highest BCUT2D eigenvalue weighted by molar-refractivity contribution is 5.83. The molecule has 1 aliphatic heterocycles. The molecule has 2 amide bonds. The molecule has 0 saturated carbocycles. The summed E-state index contributed by atoms with van der Waals surface area (Å²) in [5, 5.41) is 2.57. The molecule has 0 unspecified atom stereocenters. The maximum absolute atomic E-state index is 12.0. The largest absolute Gasteiger partial charge is 0.347 e. The van der Waals surface area contributed by atoms with Gasteiger partial charge >= 0.3 is 0 Å². The molecule has 0 spiro atoms. The zero-order valence-electron chi connectivity index (χ0n) is 12.8. The SMILES string of the molecule is CC(=O)NCC(=O)N1CCC[C@@H](Cc2ccc(C)nc2)C1. The molecule has 114 valence electrons. The van der Waals surface area contributed by atoms with E-state index in [2.05, 4.69) is 16.4 Å². The van der Waals surface area contributed by atoms with Crippen LogP contribution in [-0.2, 0) is 16.0 Å². The van der Waals surface area contributed by atoms with Crippen molar-refractivity contribution in [2.24, 2.45) is 5.92 Å². The number of carbonyl (C=O) groups is 2. The molecule has 5 heteroatoms. The van der Waals surface area contributed by atoms with Crippen molar-refractivity contribution in [3.05, 3.63) is 29.6 Å². The van der Waals surface area contributed by atoms with Gasteiger partial charge in [0.2, 0.25) is 11.8 Å². The lowest BCUT2D eigenvalue weighted by atomic mass is 9.92. The Hall–Kier alpha value is -1.91. The van der Waals surface area contributed by atoms with E-state index in [9.17, 15) is 9.59 Å². The Labute approximate surface area is 125 Å². The molecule has 1 aliphatic rings. The summed E-state index contributed by atoms with van der Waals surface area (Å²) in [4.78, 5) is 29.1. The predicted molar refractivity (Wildman–Crippen MR) is 80.7 cm³/mol. The summed E-state index contributed by atoms with van der Waals surface area (Å²) in [5.74, 6) is 0.323. The Bertz CT molecular complexity index is 499. The number of nitrogens with one attached hydrogen (secondary N) is 1. The highest BCUT2D eigenvalue weighted by Crippen LogP contribution is 2.20. The smallest absolute Gasteiger partial charge is 0.241 e. The second-order valence-electron chi connectivity index (χ2n) is 5.77. The van der Waals surface area contributed by atoms with Crippen molar-refractivity contribution >= 4 is 11.8 Å². The molecule has 0 aliphatic carbocycles. The van der Waals surface area contributed by atoms with Crippen LogP contribution in [0.3, 0.4) is 0 Å². The number of hydrogen-bond acceptors (Lipinski definition) is 3. The number of aryl methyl sites for hydroxylation is 1. The second kappa shape index (κ2) is 7.20. The van der Waals surface area contributed by atoms with Crippen molar-refractivity contribution in [1.29, 1.82) is 0 Å². The molecule has 2 heterocycles. The summed E-state index contributed by atoms with van der Waals surface area (Å²) in [6, 6.07) is 4.14. The van der Waals surface area contributed by atoms with Gasteiger partial charge in [0.1, 0.15) is 0 Å². The molecular formula is C16H23N3O2. The molecule has 1 atom stereocenters. The third-order valence-electron chi connectivity index (χ3n) is 3.86. The Morgan fingerprint density at radius 1 is 1.43 bits per heavy atom. The third-order valence-corrected chi connectivity index (χ3v) is 3.86.